The van der Waals surface area contributed by atoms with Gasteiger partial charge in [0.25, 0.3) is 0 Å². The molecule has 1 N–H and O–H groups in total. The van der Waals surface area contributed by atoms with Crippen molar-refractivity contribution >= 4 is 11.3 Å². The molecular weight excluding hydrogens is 276 g/mol. The van der Waals surface area contributed by atoms with Crippen LogP contribution in [0.5, 0.6) is 0 Å². The molecule has 1 aromatic carbocycles. The third-order valence-corrected chi connectivity index (χ3v) is 4.19. The van der Waals surface area contributed by atoms with Crippen molar-refractivity contribution in [3.05, 3.63) is 57.3 Å². The van der Waals surface area contributed by atoms with Gasteiger partial charge in [0, 0.05) is 22.9 Å². The van der Waals surface area contributed by atoms with E-state index in [1.54, 1.807) is 18.3 Å². The lowest BCUT2D eigenvalue weighted by Crippen LogP contribution is -2.26. The zero-order valence-corrected chi connectivity index (χ0v) is 12.6. The predicted octanol–water partition coefficient (Wildman–Crippen LogP) is 4.62. The van der Waals surface area contributed by atoms with Gasteiger partial charge in [-0.2, -0.15) is 0 Å². The second-order valence-corrected chi connectivity index (χ2v) is 5.91. The minimum atomic E-state index is -0.474. The Hall–Kier alpha value is -1.26. The average molecular weight is 295 g/mol. The number of nitrogens with one attached hydrogen (secondary N) is 1. The van der Waals surface area contributed by atoms with Gasteiger partial charge in [-0.1, -0.05) is 19.1 Å². The first-order valence-corrected chi connectivity index (χ1v) is 7.71. The summed E-state index contributed by atoms with van der Waals surface area (Å²) < 4.78 is 28.4. The van der Waals surface area contributed by atoms with E-state index in [4.69, 9.17) is 0 Å². The quantitative estimate of drug-likeness (QED) is 0.820. The zero-order valence-electron chi connectivity index (χ0n) is 11.7. The number of thiophene rings is 1. The molecule has 1 unspecified atom stereocenters. The third kappa shape index (κ3) is 3.44. The van der Waals surface area contributed by atoms with Gasteiger partial charge < -0.3 is 5.32 Å². The Balaban J connectivity index is 2.33. The van der Waals surface area contributed by atoms with Crippen LogP contribution in [-0.2, 0) is 6.42 Å². The van der Waals surface area contributed by atoms with Crippen molar-refractivity contribution in [2.75, 3.05) is 6.54 Å². The Morgan fingerprint density at radius 3 is 2.70 bits per heavy atom. The maximum atomic E-state index is 14.3. The van der Waals surface area contributed by atoms with Crippen LogP contribution >= 0.6 is 11.3 Å². The van der Waals surface area contributed by atoms with Crippen LogP contribution in [0.1, 0.15) is 35.4 Å². The maximum absolute atomic E-state index is 14.3. The Morgan fingerprint density at radius 1 is 1.25 bits per heavy atom. The number of benzene rings is 1. The smallest absolute Gasteiger partial charge is 0.133 e. The Bertz CT molecular complexity index is 552. The molecule has 0 aliphatic heterocycles. The summed E-state index contributed by atoms with van der Waals surface area (Å²) in [6, 6.07) is 6.46. The van der Waals surface area contributed by atoms with Crippen molar-refractivity contribution in [1.82, 2.24) is 5.32 Å². The molecule has 1 heterocycles. The topological polar surface area (TPSA) is 12.0 Å². The predicted molar refractivity (Wildman–Crippen MR) is 80.2 cm³/mol. The lowest BCUT2D eigenvalue weighted by molar-refractivity contribution is 0.463. The highest BCUT2D eigenvalue weighted by Gasteiger charge is 2.21. The summed E-state index contributed by atoms with van der Waals surface area (Å²) in [6.07, 6.45) is 1.53. The van der Waals surface area contributed by atoms with Crippen molar-refractivity contribution < 1.29 is 8.78 Å². The van der Waals surface area contributed by atoms with Crippen molar-refractivity contribution in [3.8, 4) is 0 Å². The van der Waals surface area contributed by atoms with Crippen LogP contribution in [0.4, 0.5) is 8.78 Å². The minimum absolute atomic E-state index is 0.159. The van der Waals surface area contributed by atoms with E-state index in [0.29, 0.717) is 12.0 Å². The first kappa shape index (κ1) is 15.1. The summed E-state index contributed by atoms with van der Waals surface area (Å²) in [7, 11) is 0. The van der Waals surface area contributed by atoms with Crippen molar-refractivity contribution in [2.45, 2.75) is 32.7 Å². The van der Waals surface area contributed by atoms with Gasteiger partial charge in [0.15, 0.2) is 0 Å². The molecule has 0 saturated heterocycles. The van der Waals surface area contributed by atoms with Crippen molar-refractivity contribution in [2.24, 2.45) is 0 Å². The molecule has 1 atom stereocenters. The second kappa shape index (κ2) is 6.95. The third-order valence-electron chi connectivity index (χ3n) is 3.29. The first-order valence-electron chi connectivity index (χ1n) is 6.83. The van der Waals surface area contributed by atoms with E-state index in [1.165, 1.54) is 12.1 Å². The highest BCUT2D eigenvalue weighted by Crippen LogP contribution is 2.27. The van der Waals surface area contributed by atoms with Crippen LogP contribution in [0.2, 0.25) is 0 Å². The highest BCUT2D eigenvalue weighted by atomic mass is 32.1. The molecule has 0 amide bonds. The monoisotopic (exact) mass is 295 g/mol. The molecule has 1 aromatic heterocycles. The summed E-state index contributed by atoms with van der Waals surface area (Å²) in [5.74, 6) is -0.909. The molecule has 0 bridgehead atoms. The zero-order chi connectivity index (χ0) is 14.5. The standard InChI is InChI=1S/C16H19F2NS/c1-3-8-19-14(10-12-5-4-9-20-12)15-13(17)7-6-11(2)16(15)18/h4-7,9,14,19H,3,8,10H2,1-2H3. The van der Waals surface area contributed by atoms with Crippen LogP contribution in [-0.4, -0.2) is 6.54 Å². The molecule has 2 rings (SSSR count). The van der Waals surface area contributed by atoms with Gasteiger partial charge in [0.1, 0.15) is 11.6 Å². The largest absolute Gasteiger partial charge is 0.309 e. The van der Waals surface area contributed by atoms with E-state index in [0.717, 1.165) is 17.8 Å². The van der Waals surface area contributed by atoms with E-state index < -0.39 is 11.6 Å². The van der Waals surface area contributed by atoms with Crippen LogP contribution in [0.3, 0.4) is 0 Å². The van der Waals surface area contributed by atoms with E-state index in [2.05, 4.69) is 5.32 Å². The lowest BCUT2D eigenvalue weighted by atomic mass is 9.99. The SMILES string of the molecule is CCCNC(Cc1cccs1)c1c(F)ccc(C)c1F. The molecule has 108 valence electrons. The maximum Gasteiger partial charge on any atom is 0.133 e. The Morgan fingerprint density at radius 2 is 2.05 bits per heavy atom. The molecule has 0 aliphatic carbocycles. The van der Waals surface area contributed by atoms with Crippen LogP contribution in [0.15, 0.2) is 29.6 Å². The van der Waals surface area contributed by atoms with E-state index >= 15 is 0 Å². The molecule has 1 nitrogen and oxygen atoms in total. The van der Waals surface area contributed by atoms with Gasteiger partial charge in [-0.05, 0) is 43.0 Å². The number of halogens is 2. The molecule has 0 aliphatic rings. The molecule has 0 spiro atoms. The van der Waals surface area contributed by atoms with Gasteiger partial charge >= 0.3 is 0 Å². The normalized spacial score (nSPS) is 12.6. The summed E-state index contributed by atoms with van der Waals surface area (Å²) in [4.78, 5) is 1.12. The van der Waals surface area contributed by atoms with Gasteiger partial charge in [0.05, 0.1) is 0 Å². The molecule has 0 radical (unpaired) electrons. The molecule has 4 heteroatoms. The molecular formula is C16H19F2NS. The fourth-order valence-electron chi connectivity index (χ4n) is 2.22. The second-order valence-electron chi connectivity index (χ2n) is 4.88. The van der Waals surface area contributed by atoms with Gasteiger partial charge in [0.2, 0.25) is 0 Å². The minimum Gasteiger partial charge on any atom is -0.309 e. The van der Waals surface area contributed by atoms with E-state index in [-0.39, 0.29) is 11.6 Å². The van der Waals surface area contributed by atoms with Gasteiger partial charge in [-0.25, -0.2) is 8.78 Å². The Labute approximate surface area is 122 Å². The van der Waals surface area contributed by atoms with Crippen molar-refractivity contribution in [3.63, 3.8) is 0 Å². The highest BCUT2D eigenvalue weighted by molar-refractivity contribution is 7.09. The number of rotatable bonds is 6. The van der Waals surface area contributed by atoms with Gasteiger partial charge in [-0.15, -0.1) is 11.3 Å². The lowest BCUT2D eigenvalue weighted by Gasteiger charge is -2.20. The van der Waals surface area contributed by atoms with Crippen LogP contribution in [0.25, 0.3) is 0 Å². The van der Waals surface area contributed by atoms with E-state index in [9.17, 15) is 8.78 Å². The fraction of sp³-hybridized carbons (Fsp3) is 0.375. The molecule has 0 fully saturated rings. The Kier molecular flexibility index (Phi) is 5.26. The number of hydrogen-bond acceptors (Lipinski definition) is 2. The molecule has 0 saturated carbocycles. The first-order chi connectivity index (χ1) is 9.63. The summed E-state index contributed by atoms with van der Waals surface area (Å²) in [5.41, 5.74) is 0.641. The number of aryl methyl sites for hydroxylation is 1. The van der Waals surface area contributed by atoms with Gasteiger partial charge in [-0.3, -0.25) is 0 Å². The number of hydrogen-bond donors (Lipinski definition) is 1. The van der Waals surface area contributed by atoms with Crippen LogP contribution in [0, 0.1) is 18.6 Å². The summed E-state index contributed by atoms with van der Waals surface area (Å²) in [6.45, 7) is 4.45. The fourth-order valence-corrected chi connectivity index (χ4v) is 2.97. The summed E-state index contributed by atoms with van der Waals surface area (Å²) in [5, 5.41) is 5.24. The average Bonchev–Trinajstić information content (AvgIpc) is 2.93. The van der Waals surface area contributed by atoms with E-state index in [1.807, 2.05) is 24.4 Å². The van der Waals surface area contributed by atoms with Crippen LogP contribution < -0.4 is 5.32 Å². The van der Waals surface area contributed by atoms with Crippen molar-refractivity contribution in [1.29, 1.82) is 0 Å². The molecule has 2 aromatic rings. The molecule has 20 heavy (non-hydrogen) atoms. The summed E-state index contributed by atoms with van der Waals surface area (Å²) >= 11 is 1.61.